The monoisotopic (exact) mass is 282 g/mol. The average molecular weight is 282 g/mol. The fourth-order valence-corrected chi connectivity index (χ4v) is 3.45. The van der Waals surface area contributed by atoms with E-state index in [1.54, 1.807) is 18.2 Å². The smallest absolute Gasteiger partial charge is 0.263 e. The van der Waals surface area contributed by atoms with E-state index in [-0.39, 0.29) is 5.91 Å². The number of nitrogens with zero attached hydrogens (tertiary/aromatic N) is 1. The molecular weight excluding hydrogens is 264 g/mol. The van der Waals surface area contributed by atoms with Gasteiger partial charge in [0.1, 0.15) is 0 Å². The fraction of sp³-hybridized carbons (Fsp3) is 0.462. The zero-order chi connectivity index (χ0) is 14.3. The van der Waals surface area contributed by atoms with Gasteiger partial charge in [0.15, 0.2) is 4.75 Å². The van der Waals surface area contributed by atoms with E-state index in [1.807, 2.05) is 13.0 Å². The van der Waals surface area contributed by atoms with Crippen molar-refractivity contribution in [1.29, 1.82) is 0 Å². The van der Waals surface area contributed by atoms with Gasteiger partial charge in [-0.2, -0.15) is 0 Å². The highest BCUT2D eigenvalue weighted by Crippen LogP contribution is 2.39. The van der Waals surface area contributed by atoms with Gasteiger partial charge in [-0.1, -0.05) is 19.1 Å². The van der Waals surface area contributed by atoms with Gasteiger partial charge in [0.05, 0.1) is 5.69 Å². The second-order valence-electron chi connectivity index (χ2n) is 5.04. The van der Waals surface area contributed by atoms with Gasteiger partial charge in [-0.3, -0.25) is 4.79 Å². The molecule has 19 heavy (non-hydrogen) atoms. The average Bonchev–Trinajstić information content (AvgIpc) is 2.36. The van der Waals surface area contributed by atoms with Gasteiger partial charge in [-0.05, 0) is 38.1 Å². The molecule has 104 valence electrons. The molecule has 1 aromatic carbocycles. The highest BCUT2D eigenvalue weighted by Gasteiger charge is 2.60. The van der Waals surface area contributed by atoms with Gasteiger partial charge in [0.2, 0.25) is 0 Å². The minimum absolute atomic E-state index is 0.381. The quantitative estimate of drug-likeness (QED) is 0.902. The van der Waals surface area contributed by atoms with Crippen LogP contribution in [0.15, 0.2) is 24.3 Å². The van der Waals surface area contributed by atoms with E-state index >= 15 is 0 Å². The number of hydrogen-bond acceptors (Lipinski definition) is 4. The maximum Gasteiger partial charge on any atom is 0.263 e. The summed E-state index contributed by atoms with van der Waals surface area (Å²) in [5.41, 5.74) is 1.37. The molecule has 0 unspecified atom stereocenters. The van der Waals surface area contributed by atoms with Gasteiger partial charge in [-0.25, -0.2) is 12.7 Å². The fourth-order valence-electron chi connectivity index (χ4n) is 1.97. The molecule has 1 fully saturated rings. The second kappa shape index (κ2) is 4.61. The standard InChI is InChI=1S/C13H18N2O3S/c1-4-14-9-10-6-5-7-11(8-10)15-12(16)13(2,3)19(15,17)18/h5-8,14H,4,9H2,1-3H3. The summed E-state index contributed by atoms with van der Waals surface area (Å²) in [5, 5.41) is 3.16. The molecule has 0 radical (unpaired) electrons. The molecule has 5 nitrogen and oxygen atoms in total. The zero-order valence-corrected chi connectivity index (χ0v) is 12.1. The van der Waals surface area contributed by atoms with Gasteiger partial charge in [-0.15, -0.1) is 0 Å². The maximum absolute atomic E-state index is 12.1. The molecule has 6 heteroatoms. The van der Waals surface area contributed by atoms with E-state index in [0.717, 1.165) is 16.4 Å². The normalized spacial score (nSPS) is 20.2. The first-order valence-electron chi connectivity index (χ1n) is 6.21. The molecular formula is C13H18N2O3S. The van der Waals surface area contributed by atoms with Crippen LogP contribution in [0.3, 0.4) is 0 Å². The first-order valence-corrected chi connectivity index (χ1v) is 7.65. The molecule has 1 amide bonds. The number of amides is 1. The Morgan fingerprint density at radius 3 is 2.58 bits per heavy atom. The number of anilines is 1. The minimum Gasteiger partial charge on any atom is -0.313 e. The van der Waals surface area contributed by atoms with Gasteiger partial charge in [0, 0.05) is 6.54 Å². The Balaban J connectivity index is 2.32. The number of benzene rings is 1. The van der Waals surface area contributed by atoms with Crippen LogP contribution in [-0.2, 0) is 21.4 Å². The number of nitrogens with one attached hydrogen (secondary N) is 1. The lowest BCUT2D eigenvalue weighted by Crippen LogP contribution is -2.67. The molecule has 2 rings (SSSR count). The number of rotatable bonds is 4. The van der Waals surface area contributed by atoms with Crippen molar-refractivity contribution in [2.45, 2.75) is 32.1 Å². The van der Waals surface area contributed by atoms with Crippen LogP contribution in [-0.4, -0.2) is 25.6 Å². The number of hydrogen-bond donors (Lipinski definition) is 1. The summed E-state index contributed by atoms with van der Waals surface area (Å²) in [6, 6.07) is 7.03. The molecule has 1 aliphatic heterocycles. The SMILES string of the molecule is CCNCc1cccc(N2C(=O)C(C)(C)S2(=O)=O)c1. The molecule has 0 atom stereocenters. The van der Waals surface area contributed by atoms with Gasteiger partial charge in [0.25, 0.3) is 15.9 Å². The summed E-state index contributed by atoms with van der Waals surface area (Å²) in [6.45, 7) is 6.34. The van der Waals surface area contributed by atoms with Crippen molar-refractivity contribution in [3.05, 3.63) is 29.8 Å². The topological polar surface area (TPSA) is 66.5 Å². The summed E-state index contributed by atoms with van der Waals surface area (Å²) in [4.78, 5) is 12.0. The lowest BCUT2D eigenvalue weighted by atomic mass is 10.1. The van der Waals surface area contributed by atoms with Crippen LogP contribution in [0.2, 0.25) is 0 Å². The molecule has 0 saturated carbocycles. The van der Waals surface area contributed by atoms with E-state index in [2.05, 4.69) is 5.32 Å². The summed E-state index contributed by atoms with van der Waals surface area (Å²) >= 11 is 0. The van der Waals surface area contributed by atoms with Crippen molar-refractivity contribution in [2.24, 2.45) is 0 Å². The Kier molecular flexibility index (Phi) is 3.40. The van der Waals surface area contributed by atoms with E-state index < -0.39 is 14.8 Å². The van der Waals surface area contributed by atoms with Crippen molar-refractivity contribution in [3.8, 4) is 0 Å². The van der Waals surface area contributed by atoms with E-state index in [1.165, 1.54) is 13.8 Å². The van der Waals surface area contributed by atoms with Crippen LogP contribution < -0.4 is 9.62 Å². The highest BCUT2D eigenvalue weighted by atomic mass is 32.2. The van der Waals surface area contributed by atoms with Crippen LogP contribution >= 0.6 is 0 Å². The van der Waals surface area contributed by atoms with E-state index in [0.29, 0.717) is 12.2 Å². The summed E-state index contributed by atoms with van der Waals surface area (Å²) in [7, 11) is -3.58. The van der Waals surface area contributed by atoms with Gasteiger partial charge < -0.3 is 5.32 Å². The largest absolute Gasteiger partial charge is 0.313 e. The first-order chi connectivity index (χ1) is 8.82. The lowest BCUT2D eigenvalue weighted by molar-refractivity contribution is -0.120. The Bertz CT molecular complexity index is 608. The second-order valence-corrected chi connectivity index (χ2v) is 7.37. The number of carbonyl (C=O) groups is 1. The van der Waals surface area contributed by atoms with Crippen LogP contribution in [0.1, 0.15) is 26.3 Å². The van der Waals surface area contributed by atoms with Crippen LogP contribution in [0.5, 0.6) is 0 Å². The number of sulfonamides is 1. The highest BCUT2D eigenvalue weighted by molar-refractivity contribution is 7.98. The Morgan fingerprint density at radius 2 is 2.00 bits per heavy atom. The van der Waals surface area contributed by atoms with Crippen LogP contribution in [0.25, 0.3) is 0 Å². The van der Waals surface area contributed by atoms with Gasteiger partial charge >= 0.3 is 0 Å². The third-order valence-electron chi connectivity index (χ3n) is 3.31. The lowest BCUT2D eigenvalue weighted by Gasteiger charge is -2.42. The van der Waals surface area contributed by atoms with Crippen molar-refractivity contribution in [2.75, 3.05) is 10.8 Å². The van der Waals surface area contributed by atoms with Crippen molar-refractivity contribution < 1.29 is 13.2 Å². The molecule has 0 aliphatic carbocycles. The Labute approximate surface area is 113 Å². The molecule has 1 aliphatic rings. The van der Waals surface area contributed by atoms with Crippen molar-refractivity contribution in [3.63, 3.8) is 0 Å². The van der Waals surface area contributed by atoms with E-state index in [9.17, 15) is 13.2 Å². The molecule has 0 bridgehead atoms. The molecule has 1 aromatic rings. The third kappa shape index (κ3) is 2.04. The molecule has 1 heterocycles. The van der Waals surface area contributed by atoms with Crippen molar-refractivity contribution in [1.82, 2.24) is 5.32 Å². The molecule has 1 saturated heterocycles. The molecule has 1 N–H and O–H groups in total. The predicted octanol–water partition coefficient (Wildman–Crippen LogP) is 1.25. The summed E-state index contributed by atoms with van der Waals surface area (Å²) in [6.07, 6.45) is 0. The summed E-state index contributed by atoms with van der Waals surface area (Å²) in [5.74, 6) is -0.381. The van der Waals surface area contributed by atoms with Crippen molar-refractivity contribution >= 4 is 21.6 Å². The third-order valence-corrected chi connectivity index (χ3v) is 5.63. The van der Waals surface area contributed by atoms with Crippen LogP contribution in [0, 0.1) is 0 Å². The predicted molar refractivity (Wildman–Crippen MR) is 74.3 cm³/mol. The number of carbonyl (C=O) groups excluding carboxylic acids is 1. The minimum atomic E-state index is -3.58. The maximum atomic E-state index is 12.1. The Hall–Kier alpha value is -1.40. The zero-order valence-electron chi connectivity index (χ0n) is 11.3. The first kappa shape index (κ1) is 14.0. The van der Waals surface area contributed by atoms with E-state index in [4.69, 9.17) is 0 Å². The summed E-state index contributed by atoms with van der Waals surface area (Å²) < 4.78 is 23.8. The molecule has 0 aromatic heterocycles. The Morgan fingerprint density at radius 1 is 1.32 bits per heavy atom. The molecule has 0 spiro atoms. The van der Waals surface area contributed by atoms with Crippen LogP contribution in [0.4, 0.5) is 5.69 Å².